The Morgan fingerprint density at radius 2 is 1.67 bits per heavy atom. The zero-order chi connectivity index (χ0) is 17.0. The first-order chi connectivity index (χ1) is 11.5. The molecule has 1 saturated carbocycles. The lowest BCUT2D eigenvalue weighted by molar-refractivity contribution is -0.119. The lowest BCUT2D eigenvalue weighted by atomic mass is 10.2. The van der Waals surface area contributed by atoms with Crippen LogP contribution in [0.3, 0.4) is 0 Å². The van der Waals surface area contributed by atoms with Gasteiger partial charge in [0, 0.05) is 11.7 Å². The number of hydrogen-bond acceptors (Lipinski definition) is 4. The van der Waals surface area contributed by atoms with Crippen LogP contribution in [0.25, 0.3) is 0 Å². The first-order valence-corrected chi connectivity index (χ1v) is 9.59. The number of nitrogens with one attached hydrogen (secondary N) is 2. The highest BCUT2D eigenvalue weighted by Crippen LogP contribution is 2.22. The Hall–Kier alpha value is -2.34. The maximum absolute atomic E-state index is 12.5. The normalized spacial score (nSPS) is 14.2. The minimum absolute atomic E-state index is 0.0711. The molecule has 2 N–H and O–H groups in total. The molecule has 0 heterocycles. The Bertz CT molecular complexity index is 815. The standard InChI is InChI=1S/C18H20N2O3S/c21-18(20-15-10-11-15)12-19-17-9-5-4-6-14(17)13-24(22,23)16-7-2-1-3-8-16/h1-9,15,19H,10-13H2,(H,20,21). The number of carbonyl (C=O) groups is 1. The van der Waals surface area contributed by atoms with Crippen molar-refractivity contribution in [2.24, 2.45) is 0 Å². The summed E-state index contributed by atoms with van der Waals surface area (Å²) in [6.07, 6.45) is 2.08. The van der Waals surface area contributed by atoms with E-state index in [9.17, 15) is 13.2 Å². The van der Waals surface area contributed by atoms with Gasteiger partial charge in [0.1, 0.15) is 0 Å². The zero-order valence-corrected chi connectivity index (χ0v) is 14.1. The highest BCUT2D eigenvalue weighted by Gasteiger charge is 2.23. The molecule has 126 valence electrons. The van der Waals surface area contributed by atoms with Crippen molar-refractivity contribution in [2.75, 3.05) is 11.9 Å². The average Bonchev–Trinajstić information content (AvgIpc) is 3.38. The monoisotopic (exact) mass is 344 g/mol. The summed E-state index contributed by atoms with van der Waals surface area (Å²) in [6, 6.07) is 15.9. The molecule has 2 aromatic carbocycles. The summed E-state index contributed by atoms with van der Waals surface area (Å²) >= 11 is 0. The third-order valence-corrected chi connectivity index (χ3v) is 5.53. The van der Waals surface area contributed by atoms with Crippen LogP contribution in [-0.4, -0.2) is 26.9 Å². The number of benzene rings is 2. The van der Waals surface area contributed by atoms with Crippen molar-refractivity contribution in [2.45, 2.75) is 29.5 Å². The summed E-state index contributed by atoms with van der Waals surface area (Å²) < 4.78 is 25.1. The van der Waals surface area contributed by atoms with Crippen molar-refractivity contribution in [3.05, 3.63) is 60.2 Å². The molecule has 1 aliphatic carbocycles. The summed E-state index contributed by atoms with van der Waals surface area (Å²) in [5, 5.41) is 5.94. The van der Waals surface area contributed by atoms with E-state index in [0.29, 0.717) is 22.2 Å². The summed E-state index contributed by atoms with van der Waals surface area (Å²) in [5.41, 5.74) is 1.32. The Balaban J connectivity index is 1.70. The molecule has 6 heteroatoms. The number of amides is 1. The van der Waals surface area contributed by atoms with Gasteiger partial charge in [-0.15, -0.1) is 0 Å². The summed E-state index contributed by atoms with van der Waals surface area (Å²) in [4.78, 5) is 12.1. The fraction of sp³-hybridized carbons (Fsp3) is 0.278. The van der Waals surface area contributed by atoms with Crippen LogP contribution in [0.2, 0.25) is 0 Å². The van der Waals surface area contributed by atoms with E-state index in [4.69, 9.17) is 0 Å². The molecule has 3 rings (SSSR count). The van der Waals surface area contributed by atoms with Gasteiger partial charge in [0.25, 0.3) is 0 Å². The Labute approximate surface area is 142 Å². The Morgan fingerprint density at radius 1 is 1.00 bits per heavy atom. The summed E-state index contributed by atoms with van der Waals surface area (Å²) in [7, 11) is -3.42. The quantitative estimate of drug-likeness (QED) is 0.808. The second kappa shape index (κ2) is 7.05. The second-order valence-electron chi connectivity index (χ2n) is 5.92. The van der Waals surface area contributed by atoms with Gasteiger partial charge in [-0.1, -0.05) is 36.4 Å². The van der Waals surface area contributed by atoms with Crippen LogP contribution in [0.1, 0.15) is 18.4 Å². The van der Waals surface area contributed by atoms with Gasteiger partial charge >= 0.3 is 0 Å². The van der Waals surface area contributed by atoms with Crippen molar-refractivity contribution >= 4 is 21.4 Å². The summed E-state index contributed by atoms with van der Waals surface area (Å²) in [5.74, 6) is -0.178. The number of carbonyl (C=O) groups excluding carboxylic acids is 1. The van der Waals surface area contributed by atoms with Crippen LogP contribution in [-0.2, 0) is 20.4 Å². The molecular weight excluding hydrogens is 324 g/mol. The van der Waals surface area contributed by atoms with Gasteiger partial charge in [-0.2, -0.15) is 0 Å². The van der Waals surface area contributed by atoms with Crippen molar-refractivity contribution < 1.29 is 13.2 Å². The van der Waals surface area contributed by atoms with Crippen LogP contribution in [0.4, 0.5) is 5.69 Å². The van der Waals surface area contributed by atoms with Crippen LogP contribution in [0.5, 0.6) is 0 Å². The van der Waals surface area contributed by atoms with Crippen molar-refractivity contribution in [1.29, 1.82) is 0 Å². The predicted octanol–water partition coefficient (Wildman–Crippen LogP) is 2.35. The molecule has 1 amide bonds. The van der Waals surface area contributed by atoms with E-state index in [1.54, 1.807) is 48.5 Å². The Kier molecular flexibility index (Phi) is 4.85. The van der Waals surface area contributed by atoms with Gasteiger partial charge in [0.2, 0.25) is 5.91 Å². The van der Waals surface area contributed by atoms with Gasteiger partial charge in [-0.3, -0.25) is 4.79 Å². The molecule has 0 bridgehead atoms. The SMILES string of the molecule is O=C(CNc1ccccc1CS(=O)(=O)c1ccccc1)NC1CC1. The van der Waals surface area contributed by atoms with Crippen LogP contribution < -0.4 is 10.6 Å². The van der Waals surface area contributed by atoms with Gasteiger partial charge in [0.05, 0.1) is 17.2 Å². The van der Waals surface area contributed by atoms with Gasteiger partial charge in [0.15, 0.2) is 9.84 Å². The number of rotatable bonds is 7. The minimum atomic E-state index is -3.42. The molecule has 0 saturated heterocycles. The van der Waals surface area contributed by atoms with Gasteiger partial charge < -0.3 is 10.6 Å². The molecule has 0 aliphatic heterocycles. The maximum atomic E-state index is 12.5. The van der Waals surface area contributed by atoms with Crippen molar-refractivity contribution in [3.63, 3.8) is 0 Å². The highest BCUT2D eigenvalue weighted by molar-refractivity contribution is 7.90. The molecule has 0 atom stereocenters. The second-order valence-corrected chi connectivity index (χ2v) is 7.91. The molecule has 0 spiro atoms. The lowest BCUT2D eigenvalue weighted by Crippen LogP contribution is -2.31. The average molecular weight is 344 g/mol. The zero-order valence-electron chi connectivity index (χ0n) is 13.2. The van der Waals surface area contributed by atoms with E-state index in [1.165, 1.54) is 0 Å². The molecule has 0 radical (unpaired) electrons. The fourth-order valence-electron chi connectivity index (χ4n) is 2.42. The van der Waals surface area contributed by atoms with E-state index in [0.717, 1.165) is 12.8 Å². The van der Waals surface area contributed by atoms with E-state index in [-0.39, 0.29) is 18.2 Å². The predicted molar refractivity (Wildman–Crippen MR) is 93.4 cm³/mol. The van der Waals surface area contributed by atoms with Gasteiger partial charge in [-0.25, -0.2) is 8.42 Å². The number of anilines is 1. The largest absolute Gasteiger partial charge is 0.376 e. The molecule has 24 heavy (non-hydrogen) atoms. The maximum Gasteiger partial charge on any atom is 0.239 e. The third-order valence-electron chi connectivity index (χ3n) is 3.85. The number of sulfone groups is 1. The molecule has 0 unspecified atom stereocenters. The van der Waals surface area contributed by atoms with E-state index >= 15 is 0 Å². The minimum Gasteiger partial charge on any atom is -0.376 e. The molecule has 2 aromatic rings. The van der Waals surface area contributed by atoms with E-state index in [1.807, 2.05) is 6.07 Å². The Morgan fingerprint density at radius 3 is 2.38 bits per heavy atom. The molecular formula is C18H20N2O3S. The first kappa shape index (κ1) is 16.5. The molecule has 1 fully saturated rings. The molecule has 1 aliphatic rings. The first-order valence-electron chi connectivity index (χ1n) is 7.93. The van der Waals surface area contributed by atoms with E-state index in [2.05, 4.69) is 10.6 Å². The fourth-order valence-corrected chi connectivity index (χ4v) is 3.82. The summed E-state index contributed by atoms with van der Waals surface area (Å²) in [6.45, 7) is 0.138. The highest BCUT2D eigenvalue weighted by atomic mass is 32.2. The van der Waals surface area contributed by atoms with Crippen molar-refractivity contribution in [3.8, 4) is 0 Å². The van der Waals surface area contributed by atoms with Crippen LogP contribution in [0.15, 0.2) is 59.5 Å². The smallest absolute Gasteiger partial charge is 0.239 e. The van der Waals surface area contributed by atoms with Gasteiger partial charge in [-0.05, 0) is 36.6 Å². The van der Waals surface area contributed by atoms with Crippen LogP contribution >= 0.6 is 0 Å². The number of para-hydroxylation sites is 1. The molecule has 0 aromatic heterocycles. The lowest BCUT2D eigenvalue weighted by Gasteiger charge is -2.12. The van der Waals surface area contributed by atoms with E-state index < -0.39 is 9.84 Å². The number of hydrogen-bond donors (Lipinski definition) is 2. The molecule has 5 nitrogen and oxygen atoms in total. The van der Waals surface area contributed by atoms with Crippen molar-refractivity contribution in [1.82, 2.24) is 5.32 Å². The topological polar surface area (TPSA) is 75.3 Å². The van der Waals surface area contributed by atoms with Crippen LogP contribution in [0, 0.1) is 0 Å². The third kappa shape index (κ3) is 4.35.